The Bertz CT molecular complexity index is 439. The van der Waals surface area contributed by atoms with Crippen molar-refractivity contribution in [1.82, 2.24) is 0 Å². The molecule has 16 heavy (non-hydrogen) atoms. The normalized spacial score (nSPS) is 10.1. The molecule has 0 saturated heterocycles. The average molecular weight is 231 g/mol. The minimum atomic E-state index is 0.281. The first-order chi connectivity index (χ1) is 7.77. The molecule has 3 heteroatoms. The average Bonchev–Trinajstić information content (AvgIpc) is 2.30. The Morgan fingerprint density at radius 3 is 2.44 bits per heavy atom. The van der Waals surface area contributed by atoms with Gasteiger partial charge in [0.25, 0.3) is 0 Å². The van der Waals surface area contributed by atoms with E-state index in [1.807, 2.05) is 36.4 Å². The number of benzene rings is 2. The number of hydrogen-bond acceptors (Lipinski definition) is 2. The molecule has 1 atom stereocenters. The third-order valence-electron chi connectivity index (χ3n) is 2.43. The largest absolute Gasteiger partial charge is 0.506 e. The molecule has 0 aromatic heterocycles. The predicted octanol–water partition coefficient (Wildman–Crippen LogP) is 2.50. The highest BCUT2D eigenvalue weighted by Crippen LogP contribution is 2.21. The first-order valence-electron chi connectivity index (χ1n) is 5.12. The van der Waals surface area contributed by atoms with Gasteiger partial charge < -0.3 is 10.4 Å². The van der Waals surface area contributed by atoms with E-state index in [0.29, 0.717) is 6.54 Å². The lowest BCUT2D eigenvalue weighted by Gasteiger charge is -2.09. The maximum atomic E-state index is 9.59. The fraction of sp³-hybridized carbons (Fsp3) is 0.0769. The van der Waals surface area contributed by atoms with Crippen LogP contribution in [-0.2, 0) is 6.54 Å². The molecule has 0 bridgehead atoms. The van der Waals surface area contributed by atoms with E-state index < -0.39 is 0 Å². The van der Waals surface area contributed by atoms with Crippen molar-refractivity contribution >= 4 is 20.2 Å². The SMILES string of the molecule is Oc1ccccc1NCc1ccccc1P. The second kappa shape index (κ2) is 5.00. The Morgan fingerprint density at radius 1 is 1.00 bits per heavy atom. The number of phenols is 1. The van der Waals surface area contributed by atoms with Crippen molar-refractivity contribution in [2.45, 2.75) is 6.54 Å². The number of rotatable bonds is 3. The van der Waals surface area contributed by atoms with Crippen LogP contribution in [-0.4, -0.2) is 5.11 Å². The summed E-state index contributed by atoms with van der Waals surface area (Å²) >= 11 is 0. The van der Waals surface area contributed by atoms with Crippen molar-refractivity contribution in [3.63, 3.8) is 0 Å². The van der Waals surface area contributed by atoms with Crippen molar-refractivity contribution in [1.29, 1.82) is 0 Å². The van der Waals surface area contributed by atoms with Crippen molar-refractivity contribution in [2.24, 2.45) is 0 Å². The molecule has 0 saturated carbocycles. The van der Waals surface area contributed by atoms with Crippen LogP contribution >= 0.6 is 9.24 Å². The van der Waals surface area contributed by atoms with Gasteiger partial charge in [0.05, 0.1) is 5.69 Å². The molecule has 82 valence electrons. The summed E-state index contributed by atoms with van der Waals surface area (Å²) < 4.78 is 0. The number of aromatic hydroxyl groups is 1. The third kappa shape index (κ3) is 2.53. The summed E-state index contributed by atoms with van der Waals surface area (Å²) in [5.74, 6) is 0.281. The van der Waals surface area contributed by atoms with E-state index in [1.54, 1.807) is 6.07 Å². The lowest BCUT2D eigenvalue weighted by molar-refractivity contribution is 0.477. The van der Waals surface area contributed by atoms with E-state index in [1.165, 1.54) is 10.9 Å². The van der Waals surface area contributed by atoms with E-state index in [9.17, 15) is 5.11 Å². The van der Waals surface area contributed by atoms with Gasteiger partial charge in [-0.2, -0.15) is 0 Å². The van der Waals surface area contributed by atoms with Gasteiger partial charge in [-0.25, -0.2) is 0 Å². The standard InChI is InChI=1S/C13H14NOP/c15-12-7-3-2-6-11(12)14-9-10-5-1-4-8-13(10)16/h1-8,14-15H,9,16H2. The monoisotopic (exact) mass is 231 g/mol. The van der Waals surface area contributed by atoms with E-state index >= 15 is 0 Å². The van der Waals surface area contributed by atoms with Gasteiger partial charge in [-0.3, -0.25) is 0 Å². The van der Waals surface area contributed by atoms with Crippen molar-refractivity contribution < 1.29 is 5.11 Å². The molecule has 0 radical (unpaired) electrons. The Morgan fingerprint density at radius 2 is 1.69 bits per heavy atom. The smallest absolute Gasteiger partial charge is 0.138 e. The van der Waals surface area contributed by atoms with Gasteiger partial charge in [-0.1, -0.05) is 36.4 Å². The van der Waals surface area contributed by atoms with Crippen molar-refractivity contribution in [2.75, 3.05) is 5.32 Å². The number of para-hydroxylation sites is 2. The lowest BCUT2D eigenvalue weighted by Crippen LogP contribution is -2.07. The second-order valence-electron chi connectivity index (χ2n) is 3.57. The van der Waals surface area contributed by atoms with Crippen LogP contribution in [0, 0.1) is 0 Å². The fourth-order valence-electron chi connectivity index (χ4n) is 1.51. The van der Waals surface area contributed by atoms with Crippen LogP contribution in [0.25, 0.3) is 0 Å². The van der Waals surface area contributed by atoms with Crippen LogP contribution in [0.4, 0.5) is 5.69 Å². The van der Waals surface area contributed by atoms with E-state index in [-0.39, 0.29) is 5.75 Å². The maximum absolute atomic E-state index is 9.59. The van der Waals surface area contributed by atoms with Gasteiger partial charge in [0.2, 0.25) is 0 Å². The summed E-state index contributed by atoms with van der Waals surface area (Å²) in [6.07, 6.45) is 0. The first kappa shape index (κ1) is 11.0. The zero-order valence-corrected chi connectivity index (χ0v) is 10.0. The summed E-state index contributed by atoms with van der Waals surface area (Å²) in [5, 5.41) is 14.0. The van der Waals surface area contributed by atoms with E-state index in [0.717, 1.165) is 5.69 Å². The quantitative estimate of drug-likeness (QED) is 0.628. The summed E-state index contributed by atoms with van der Waals surface area (Å²) in [6, 6.07) is 15.4. The molecule has 0 aliphatic heterocycles. The van der Waals surface area contributed by atoms with Crippen LogP contribution in [0.2, 0.25) is 0 Å². The number of phenolic OH excluding ortho intramolecular Hbond substituents is 1. The zero-order valence-electron chi connectivity index (χ0n) is 8.85. The van der Waals surface area contributed by atoms with Gasteiger partial charge >= 0.3 is 0 Å². The van der Waals surface area contributed by atoms with Gasteiger partial charge in [0, 0.05) is 6.54 Å². The molecule has 0 heterocycles. The molecule has 0 aliphatic rings. The first-order valence-corrected chi connectivity index (χ1v) is 5.70. The Hall–Kier alpha value is -1.53. The summed E-state index contributed by atoms with van der Waals surface area (Å²) in [4.78, 5) is 0. The van der Waals surface area contributed by atoms with Gasteiger partial charge in [0.15, 0.2) is 0 Å². The number of anilines is 1. The van der Waals surface area contributed by atoms with Gasteiger partial charge in [-0.05, 0) is 23.0 Å². The van der Waals surface area contributed by atoms with Crippen molar-refractivity contribution in [3.05, 3.63) is 54.1 Å². The van der Waals surface area contributed by atoms with Crippen LogP contribution in [0.3, 0.4) is 0 Å². The van der Waals surface area contributed by atoms with E-state index in [2.05, 4.69) is 20.6 Å². The molecule has 2 nitrogen and oxygen atoms in total. The maximum Gasteiger partial charge on any atom is 0.138 e. The zero-order chi connectivity index (χ0) is 11.4. The molecular formula is C13H14NOP. The van der Waals surface area contributed by atoms with Gasteiger partial charge in [-0.15, -0.1) is 9.24 Å². The molecule has 2 rings (SSSR count). The second-order valence-corrected chi connectivity index (χ2v) is 4.19. The van der Waals surface area contributed by atoms with Crippen LogP contribution in [0.15, 0.2) is 48.5 Å². The van der Waals surface area contributed by atoms with Crippen LogP contribution < -0.4 is 10.6 Å². The van der Waals surface area contributed by atoms with E-state index in [4.69, 9.17) is 0 Å². The lowest BCUT2D eigenvalue weighted by atomic mass is 10.2. The fourth-order valence-corrected chi connectivity index (χ4v) is 1.82. The minimum absolute atomic E-state index is 0.281. The summed E-state index contributed by atoms with van der Waals surface area (Å²) in [6.45, 7) is 0.706. The van der Waals surface area contributed by atoms with Crippen molar-refractivity contribution in [3.8, 4) is 5.75 Å². The van der Waals surface area contributed by atoms with Crippen LogP contribution in [0.5, 0.6) is 5.75 Å². The highest BCUT2D eigenvalue weighted by atomic mass is 31.0. The molecule has 0 fully saturated rings. The summed E-state index contributed by atoms with van der Waals surface area (Å²) in [5.41, 5.74) is 1.96. The highest BCUT2D eigenvalue weighted by molar-refractivity contribution is 7.27. The van der Waals surface area contributed by atoms with Crippen LogP contribution in [0.1, 0.15) is 5.56 Å². The molecule has 0 aliphatic carbocycles. The Kier molecular flexibility index (Phi) is 3.43. The topological polar surface area (TPSA) is 32.3 Å². The summed E-state index contributed by atoms with van der Waals surface area (Å²) in [7, 11) is 2.71. The molecule has 1 unspecified atom stereocenters. The van der Waals surface area contributed by atoms with Gasteiger partial charge in [0.1, 0.15) is 5.75 Å². The Balaban J connectivity index is 2.09. The highest BCUT2D eigenvalue weighted by Gasteiger charge is 2.00. The number of hydrogen-bond donors (Lipinski definition) is 2. The molecular weight excluding hydrogens is 217 g/mol. The molecule has 0 spiro atoms. The number of nitrogens with one attached hydrogen (secondary N) is 1. The molecule has 2 aromatic carbocycles. The molecule has 2 aromatic rings. The Labute approximate surface area is 97.5 Å². The third-order valence-corrected chi connectivity index (χ3v) is 2.99. The predicted molar refractivity (Wildman–Crippen MR) is 71.2 cm³/mol. The molecule has 2 N–H and O–H groups in total. The minimum Gasteiger partial charge on any atom is -0.506 e. The molecule has 0 amide bonds.